The van der Waals surface area contributed by atoms with Crippen LogP contribution in [0.5, 0.6) is 5.75 Å². The molecule has 3 fully saturated rings. The average molecular weight is 636 g/mol. The van der Waals surface area contributed by atoms with Crippen LogP contribution in [0.25, 0.3) is 10.9 Å². The van der Waals surface area contributed by atoms with Crippen molar-refractivity contribution in [1.29, 1.82) is 0 Å². The Hall–Kier alpha value is -2.88. The van der Waals surface area contributed by atoms with Crippen molar-refractivity contribution in [3.05, 3.63) is 64.7 Å². The van der Waals surface area contributed by atoms with Gasteiger partial charge in [0.1, 0.15) is 29.2 Å². The van der Waals surface area contributed by atoms with Crippen LogP contribution in [0, 0.1) is 5.82 Å². The number of benzene rings is 2. The van der Waals surface area contributed by atoms with Gasteiger partial charge in [-0.15, -0.1) is 0 Å². The van der Waals surface area contributed by atoms with Crippen LogP contribution < -0.4 is 15.5 Å². The molecule has 1 saturated carbocycles. The third kappa shape index (κ3) is 6.22. The maximum atomic E-state index is 13.5. The molecule has 3 aliphatic rings. The number of aromatic nitrogens is 1. The lowest BCUT2D eigenvalue weighted by atomic mass is 9.88. The fraction of sp³-hybridized carbons (Fsp3) is 0.483. The van der Waals surface area contributed by atoms with Gasteiger partial charge >= 0.3 is 0 Å². The molecule has 43 heavy (non-hydrogen) atoms. The summed E-state index contributed by atoms with van der Waals surface area (Å²) in [6.45, 7) is 0.986. The van der Waals surface area contributed by atoms with E-state index in [0.717, 1.165) is 18.3 Å². The lowest BCUT2D eigenvalue weighted by Gasteiger charge is -2.37. The Kier molecular flexibility index (Phi) is 8.11. The number of fused-ring (bicyclic) bond motifs is 1. The minimum Gasteiger partial charge on any atom is -0.491 e. The number of H-pyrrole nitrogens is 1. The quantitative estimate of drug-likeness (QED) is 0.303. The first-order valence-electron chi connectivity index (χ1n) is 14.3. The zero-order valence-corrected chi connectivity index (χ0v) is 25.0. The summed E-state index contributed by atoms with van der Waals surface area (Å²) in [5, 5.41) is 13.5. The Morgan fingerprint density at radius 1 is 1.14 bits per heavy atom. The van der Waals surface area contributed by atoms with Crippen LogP contribution in [0.15, 0.2) is 63.2 Å². The van der Waals surface area contributed by atoms with Gasteiger partial charge in [-0.3, -0.25) is 4.79 Å². The van der Waals surface area contributed by atoms with Gasteiger partial charge in [0.2, 0.25) is 15.5 Å². The number of sulfonamides is 1. The number of aromatic amines is 1. The van der Waals surface area contributed by atoms with Crippen molar-refractivity contribution < 1.29 is 35.8 Å². The second kappa shape index (κ2) is 11.6. The van der Waals surface area contributed by atoms with E-state index in [0.29, 0.717) is 44.5 Å². The number of hydrogen-bond acceptors (Lipinski definition) is 9. The van der Waals surface area contributed by atoms with E-state index in [4.69, 9.17) is 9.47 Å². The zero-order valence-electron chi connectivity index (χ0n) is 23.4. The van der Waals surface area contributed by atoms with Gasteiger partial charge in [0, 0.05) is 37.3 Å². The summed E-state index contributed by atoms with van der Waals surface area (Å²) in [6, 6.07) is 9.83. The van der Waals surface area contributed by atoms with Gasteiger partial charge in [-0.05, 0) is 68.5 Å². The summed E-state index contributed by atoms with van der Waals surface area (Å²) in [7, 11) is -7.40. The zero-order chi connectivity index (χ0) is 30.4. The van der Waals surface area contributed by atoms with Crippen LogP contribution >= 0.6 is 0 Å². The summed E-state index contributed by atoms with van der Waals surface area (Å²) in [5.41, 5.74) is -0.954. The fourth-order valence-electron chi connectivity index (χ4n) is 5.83. The molecule has 0 unspecified atom stereocenters. The topological polar surface area (TPSA) is 155 Å². The molecule has 1 aliphatic carbocycles. The molecule has 14 heteroatoms. The summed E-state index contributed by atoms with van der Waals surface area (Å²) >= 11 is 0. The lowest BCUT2D eigenvalue weighted by molar-refractivity contribution is -0.0312. The van der Waals surface area contributed by atoms with Crippen LogP contribution in [-0.2, 0) is 24.6 Å². The van der Waals surface area contributed by atoms with Gasteiger partial charge in [0.15, 0.2) is 9.84 Å². The van der Waals surface area contributed by atoms with Crippen molar-refractivity contribution >= 4 is 30.8 Å². The predicted octanol–water partition coefficient (Wildman–Crippen LogP) is 1.95. The number of pyridine rings is 1. The van der Waals surface area contributed by atoms with E-state index in [2.05, 4.69) is 10.3 Å². The first-order valence-corrected chi connectivity index (χ1v) is 17.3. The van der Waals surface area contributed by atoms with Crippen LogP contribution in [0.4, 0.5) is 4.39 Å². The van der Waals surface area contributed by atoms with E-state index in [9.17, 15) is 31.1 Å². The highest BCUT2D eigenvalue weighted by molar-refractivity contribution is 7.92. The highest BCUT2D eigenvalue weighted by Gasteiger charge is 2.45. The van der Waals surface area contributed by atoms with Crippen molar-refractivity contribution in [3.8, 4) is 5.75 Å². The van der Waals surface area contributed by atoms with Gasteiger partial charge in [-0.1, -0.05) is 6.07 Å². The first-order chi connectivity index (χ1) is 20.5. The highest BCUT2D eigenvalue weighted by Crippen LogP contribution is 2.37. The second-order valence-electron chi connectivity index (χ2n) is 11.6. The number of halogens is 1. The van der Waals surface area contributed by atoms with E-state index in [1.54, 1.807) is 18.2 Å². The molecular weight excluding hydrogens is 601 g/mol. The van der Waals surface area contributed by atoms with E-state index in [-0.39, 0.29) is 58.2 Å². The van der Waals surface area contributed by atoms with Crippen molar-refractivity contribution in [3.63, 3.8) is 0 Å². The van der Waals surface area contributed by atoms with E-state index < -0.39 is 42.8 Å². The van der Waals surface area contributed by atoms with Gasteiger partial charge in [-0.2, -0.15) is 4.31 Å². The average Bonchev–Trinajstić information content (AvgIpc) is 3.78. The van der Waals surface area contributed by atoms with Gasteiger partial charge in [0.05, 0.1) is 27.9 Å². The molecule has 2 atom stereocenters. The predicted molar refractivity (Wildman–Crippen MR) is 156 cm³/mol. The number of rotatable bonds is 10. The normalized spacial score (nSPS) is 21.8. The number of aliphatic hydroxyl groups is 1. The van der Waals surface area contributed by atoms with E-state index >= 15 is 0 Å². The molecule has 1 spiro atoms. The van der Waals surface area contributed by atoms with E-state index in [1.165, 1.54) is 16.4 Å². The summed E-state index contributed by atoms with van der Waals surface area (Å²) in [4.78, 5) is 15.5. The SMILES string of the molecule is O=c1c(S(=O)(=O)N2CCC3(CC2)C[C@@H](NC[C@H](O)COc2cccc(S(=O)(=O)C4CC4)c2)CO3)c[nH]c2cc(F)ccc12. The number of nitrogens with zero attached hydrogens (tertiary/aromatic N) is 1. The molecule has 1 aromatic heterocycles. The highest BCUT2D eigenvalue weighted by atomic mass is 32.2. The van der Waals surface area contributed by atoms with Crippen molar-refractivity contribution in [2.45, 2.75) is 64.9 Å². The molecule has 3 heterocycles. The maximum Gasteiger partial charge on any atom is 0.248 e. The Bertz CT molecular complexity index is 1780. The second-order valence-corrected chi connectivity index (χ2v) is 15.7. The lowest BCUT2D eigenvalue weighted by Crippen LogP contribution is -2.47. The third-order valence-corrected chi connectivity index (χ3v) is 12.6. The molecule has 3 aromatic rings. The molecule has 0 amide bonds. The number of hydrogen-bond donors (Lipinski definition) is 3. The fourth-order valence-corrected chi connectivity index (χ4v) is 9.01. The van der Waals surface area contributed by atoms with Crippen molar-refractivity contribution in [2.75, 3.05) is 32.8 Å². The standard InChI is InChI=1S/C29H34FN3O8S2/c30-19-4-7-25-26(12-19)32-16-27(28(25)35)43(38,39)33-10-8-29(9-11-33)14-20(17-41-29)31-15-21(34)18-40-22-2-1-3-24(13-22)42(36,37)23-5-6-23/h1-4,7,12-13,16,20-21,23,31,34H,5-6,8-11,14-15,17-18H2,(H,32,35)/t20-,21+/m1/s1. The Balaban J connectivity index is 0.991. The molecule has 11 nitrogen and oxygen atoms in total. The van der Waals surface area contributed by atoms with Crippen LogP contribution in [-0.4, -0.2) is 87.1 Å². The Morgan fingerprint density at radius 3 is 2.65 bits per heavy atom. The van der Waals surface area contributed by atoms with Crippen LogP contribution in [0.1, 0.15) is 32.1 Å². The molecule has 2 aromatic carbocycles. The molecule has 0 radical (unpaired) electrons. The number of piperidine rings is 1. The van der Waals surface area contributed by atoms with Crippen molar-refractivity contribution in [1.82, 2.24) is 14.6 Å². The van der Waals surface area contributed by atoms with Crippen LogP contribution in [0.3, 0.4) is 0 Å². The molecule has 232 valence electrons. The number of nitrogens with one attached hydrogen (secondary N) is 2. The van der Waals surface area contributed by atoms with Crippen molar-refractivity contribution in [2.24, 2.45) is 0 Å². The summed E-state index contributed by atoms with van der Waals surface area (Å²) in [6.07, 6.45) is 3.17. The molecular formula is C29H34FN3O8S2. The largest absolute Gasteiger partial charge is 0.491 e. The third-order valence-electron chi connectivity index (χ3n) is 8.45. The molecule has 6 rings (SSSR count). The Morgan fingerprint density at radius 2 is 1.91 bits per heavy atom. The van der Waals surface area contributed by atoms with Crippen LogP contribution in [0.2, 0.25) is 0 Å². The minimum atomic E-state index is -4.07. The van der Waals surface area contributed by atoms with E-state index in [1.807, 2.05) is 0 Å². The number of ether oxygens (including phenoxy) is 2. The first kappa shape index (κ1) is 30.2. The molecule has 3 N–H and O–H groups in total. The molecule has 0 bridgehead atoms. The molecule has 2 aliphatic heterocycles. The smallest absolute Gasteiger partial charge is 0.248 e. The van der Waals surface area contributed by atoms with Gasteiger partial charge in [0.25, 0.3) is 0 Å². The summed E-state index contributed by atoms with van der Waals surface area (Å²) < 4.78 is 78.2. The Labute approximate surface area is 249 Å². The summed E-state index contributed by atoms with van der Waals surface area (Å²) in [5.74, 6) is -0.151. The maximum absolute atomic E-state index is 13.5. The monoisotopic (exact) mass is 635 g/mol. The number of sulfone groups is 1. The number of aliphatic hydroxyl groups excluding tert-OH is 1. The van der Waals surface area contributed by atoms with Gasteiger partial charge < -0.3 is 24.9 Å². The van der Waals surface area contributed by atoms with Gasteiger partial charge in [-0.25, -0.2) is 21.2 Å². The molecule has 2 saturated heterocycles. The minimum absolute atomic E-state index is 0.0195.